The lowest BCUT2D eigenvalue weighted by atomic mass is 9.92. The highest BCUT2D eigenvalue weighted by Gasteiger charge is 2.19. The molecule has 0 fully saturated rings. The zero-order chi connectivity index (χ0) is 45.4. The summed E-state index contributed by atoms with van der Waals surface area (Å²) in [6.07, 6.45) is 0. The van der Waals surface area contributed by atoms with Gasteiger partial charge in [0.05, 0.1) is 5.69 Å². The molecule has 12 aromatic carbocycles. The lowest BCUT2D eigenvalue weighted by molar-refractivity contribution is 0.669. The highest BCUT2D eigenvalue weighted by Crippen LogP contribution is 2.44. The first kappa shape index (κ1) is 39.0. The number of benzene rings is 12. The van der Waals surface area contributed by atoms with Crippen molar-refractivity contribution in [2.45, 2.75) is 0 Å². The van der Waals surface area contributed by atoms with Crippen molar-refractivity contribution in [3.63, 3.8) is 0 Å². The number of rotatable bonds is 7. The van der Waals surface area contributed by atoms with Gasteiger partial charge in [-0.1, -0.05) is 182 Å². The van der Waals surface area contributed by atoms with Crippen molar-refractivity contribution in [2.24, 2.45) is 0 Å². The van der Waals surface area contributed by atoms with E-state index in [1.807, 2.05) is 24.3 Å². The number of hydrogen-bond donors (Lipinski definition) is 0. The van der Waals surface area contributed by atoms with E-state index in [4.69, 9.17) is 8.83 Å². The predicted octanol–water partition coefficient (Wildman–Crippen LogP) is 19.1. The Morgan fingerprint density at radius 3 is 1.46 bits per heavy atom. The van der Waals surface area contributed by atoms with E-state index in [-0.39, 0.29) is 0 Å². The van der Waals surface area contributed by atoms with E-state index >= 15 is 0 Å². The molecular formula is C66H41NO2. The number of para-hydroxylation sites is 3. The first-order chi connectivity index (χ1) is 34.2. The predicted molar refractivity (Wildman–Crippen MR) is 290 cm³/mol. The van der Waals surface area contributed by atoms with Gasteiger partial charge in [0, 0.05) is 43.9 Å². The average Bonchev–Trinajstić information content (AvgIpc) is 4.00. The molecule has 0 saturated heterocycles. The maximum absolute atomic E-state index is 6.39. The van der Waals surface area contributed by atoms with Crippen LogP contribution < -0.4 is 4.90 Å². The van der Waals surface area contributed by atoms with Gasteiger partial charge in [-0.2, -0.15) is 0 Å². The maximum Gasteiger partial charge on any atom is 0.143 e. The average molecular weight is 880 g/mol. The van der Waals surface area contributed by atoms with Gasteiger partial charge in [-0.25, -0.2) is 0 Å². The normalized spacial score (nSPS) is 11.8. The summed E-state index contributed by atoms with van der Waals surface area (Å²) in [7, 11) is 0. The van der Waals surface area contributed by atoms with Gasteiger partial charge in [0.1, 0.15) is 22.3 Å². The van der Waals surface area contributed by atoms with Crippen molar-refractivity contribution in [3.05, 3.63) is 249 Å². The Balaban J connectivity index is 0.857. The minimum atomic E-state index is 0.896. The Hall–Kier alpha value is -9.18. The van der Waals surface area contributed by atoms with Gasteiger partial charge in [0.2, 0.25) is 0 Å². The van der Waals surface area contributed by atoms with E-state index in [1.54, 1.807) is 0 Å². The summed E-state index contributed by atoms with van der Waals surface area (Å²) in [6.45, 7) is 0. The molecule has 322 valence electrons. The van der Waals surface area contributed by atoms with Crippen molar-refractivity contribution in [3.8, 4) is 44.5 Å². The van der Waals surface area contributed by atoms with Crippen molar-refractivity contribution >= 4 is 93.3 Å². The van der Waals surface area contributed by atoms with Gasteiger partial charge < -0.3 is 13.7 Å². The maximum atomic E-state index is 6.39. The zero-order valence-corrected chi connectivity index (χ0v) is 37.4. The molecule has 0 spiro atoms. The fourth-order valence-corrected chi connectivity index (χ4v) is 10.7. The molecule has 14 rings (SSSR count). The highest BCUT2D eigenvalue weighted by atomic mass is 16.3. The second-order valence-electron chi connectivity index (χ2n) is 18.0. The zero-order valence-electron chi connectivity index (χ0n) is 37.4. The summed E-state index contributed by atoms with van der Waals surface area (Å²) < 4.78 is 12.7. The van der Waals surface area contributed by atoms with E-state index < -0.39 is 0 Å². The fraction of sp³-hybridized carbons (Fsp3) is 0. The third kappa shape index (κ3) is 6.51. The molecule has 0 N–H and O–H groups in total. The van der Waals surface area contributed by atoms with Crippen molar-refractivity contribution in [1.82, 2.24) is 0 Å². The Kier molecular flexibility index (Phi) is 8.90. The van der Waals surface area contributed by atoms with Crippen LogP contribution in [0.25, 0.3) is 121 Å². The summed E-state index contributed by atoms with van der Waals surface area (Å²) in [6, 6.07) is 89.6. The Labute approximate surface area is 398 Å². The smallest absolute Gasteiger partial charge is 0.143 e. The van der Waals surface area contributed by atoms with Crippen molar-refractivity contribution < 1.29 is 8.83 Å². The molecule has 0 bridgehead atoms. The second-order valence-corrected chi connectivity index (χ2v) is 18.0. The molecule has 0 radical (unpaired) electrons. The first-order valence-corrected chi connectivity index (χ1v) is 23.6. The Morgan fingerprint density at radius 1 is 0.246 bits per heavy atom. The molecule has 0 aliphatic rings. The standard InChI is InChI=1S/C66H41NO2/c1-4-15-53-47(12-1)38-49(46-32-37-59-57-18-7-9-22-63(57)68-65(59)41-46)39-61(53)45-30-35-51(36-31-45)67(62-40-48-13-2-3-14-52(48)55-16-5-6-17-56(55)62)50-33-28-43(29-34-50)42-24-26-44(27-25-42)54-20-11-21-60-58-19-8-10-23-64(58)69-66(54)60/h1-41H. The van der Waals surface area contributed by atoms with Crippen molar-refractivity contribution in [2.75, 3.05) is 4.90 Å². The third-order valence-corrected chi connectivity index (χ3v) is 14.1. The van der Waals surface area contributed by atoms with Crippen LogP contribution in [0.4, 0.5) is 17.1 Å². The third-order valence-electron chi connectivity index (χ3n) is 14.1. The van der Waals surface area contributed by atoms with E-state index in [0.717, 1.165) is 99.9 Å². The minimum Gasteiger partial charge on any atom is -0.456 e. The molecule has 0 unspecified atom stereocenters. The summed E-state index contributed by atoms with van der Waals surface area (Å²) in [5.74, 6) is 0. The summed E-state index contributed by atoms with van der Waals surface area (Å²) >= 11 is 0. The van der Waals surface area contributed by atoms with E-state index in [0.29, 0.717) is 0 Å². The SMILES string of the molecule is c1ccc2c(-c3ccc(N(c4ccc(-c5ccc(-c6cccc7c6oc6ccccc67)cc5)cc4)c4cc5ccccc5c5ccccc45)cc3)cc(-c3ccc4c(c3)oc3ccccc34)cc2c1. The van der Waals surface area contributed by atoms with E-state index in [9.17, 15) is 0 Å². The van der Waals surface area contributed by atoms with E-state index in [2.05, 4.69) is 229 Å². The number of anilines is 3. The molecule has 2 heterocycles. The molecule has 0 amide bonds. The van der Waals surface area contributed by atoms with E-state index in [1.165, 1.54) is 37.9 Å². The molecule has 0 saturated carbocycles. The minimum absolute atomic E-state index is 0.896. The molecule has 0 aliphatic carbocycles. The monoisotopic (exact) mass is 879 g/mol. The van der Waals surface area contributed by atoms with Gasteiger partial charge in [0.15, 0.2) is 0 Å². The summed E-state index contributed by atoms with van der Waals surface area (Å²) in [4.78, 5) is 2.41. The van der Waals surface area contributed by atoms with Gasteiger partial charge in [-0.05, 0) is 133 Å². The fourth-order valence-electron chi connectivity index (χ4n) is 10.7. The van der Waals surface area contributed by atoms with Crippen LogP contribution in [-0.4, -0.2) is 0 Å². The summed E-state index contributed by atoms with van der Waals surface area (Å²) in [5.41, 5.74) is 16.1. The number of hydrogen-bond acceptors (Lipinski definition) is 3. The molecule has 69 heavy (non-hydrogen) atoms. The van der Waals surface area contributed by atoms with Crippen LogP contribution in [-0.2, 0) is 0 Å². The molecule has 2 aromatic heterocycles. The Morgan fingerprint density at radius 2 is 0.739 bits per heavy atom. The van der Waals surface area contributed by atoms with Crippen molar-refractivity contribution in [1.29, 1.82) is 0 Å². The van der Waals surface area contributed by atoms with Crippen LogP contribution in [0.1, 0.15) is 0 Å². The summed E-state index contributed by atoms with van der Waals surface area (Å²) in [5, 5.41) is 11.8. The topological polar surface area (TPSA) is 29.5 Å². The molecular weight excluding hydrogens is 839 g/mol. The lowest BCUT2D eigenvalue weighted by Gasteiger charge is -2.28. The van der Waals surface area contributed by atoms with Gasteiger partial charge in [-0.15, -0.1) is 0 Å². The highest BCUT2D eigenvalue weighted by molar-refractivity contribution is 6.15. The number of furan rings is 2. The molecule has 0 atom stereocenters. The molecule has 0 aliphatic heterocycles. The van der Waals surface area contributed by atoms with Crippen LogP contribution in [0.2, 0.25) is 0 Å². The Bertz CT molecular complexity index is 4290. The quantitative estimate of drug-likeness (QED) is 0.149. The van der Waals surface area contributed by atoms with Crippen LogP contribution >= 0.6 is 0 Å². The molecule has 3 nitrogen and oxygen atoms in total. The van der Waals surface area contributed by atoms with Gasteiger partial charge >= 0.3 is 0 Å². The molecule has 3 heteroatoms. The largest absolute Gasteiger partial charge is 0.456 e. The number of nitrogens with zero attached hydrogens (tertiary/aromatic N) is 1. The van der Waals surface area contributed by atoms with Gasteiger partial charge in [-0.3, -0.25) is 0 Å². The van der Waals surface area contributed by atoms with Crippen LogP contribution in [0.3, 0.4) is 0 Å². The van der Waals surface area contributed by atoms with Gasteiger partial charge in [0.25, 0.3) is 0 Å². The lowest BCUT2D eigenvalue weighted by Crippen LogP contribution is -2.10. The van der Waals surface area contributed by atoms with Crippen LogP contribution in [0.15, 0.2) is 258 Å². The number of fused-ring (bicyclic) bond motifs is 10. The van der Waals surface area contributed by atoms with Crippen LogP contribution in [0, 0.1) is 0 Å². The van der Waals surface area contributed by atoms with Crippen LogP contribution in [0.5, 0.6) is 0 Å². The second kappa shape index (κ2) is 15.7. The molecule has 14 aromatic rings. The first-order valence-electron chi connectivity index (χ1n) is 23.6.